The third-order valence-electron chi connectivity index (χ3n) is 3.89. The fraction of sp³-hybridized carbons (Fsp3) is 0.571. The van der Waals surface area contributed by atoms with Crippen molar-refractivity contribution < 1.29 is 9.72 Å². The summed E-state index contributed by atoms with van der Waals surface area (Å²) in [6.07, 6.45) is 5.59. The number of hydrogen-bond donors (Lipinski definition) is 1. The first-order valence-corrected chi connectivity index (χ1v) is 7.43. The zero-order valence-corrected chi connectivity index (χ0v) is 12.6. The van der Waals surface area contributed by atoms with Crippen LogP contribution < -0.4 is 5.32 Å². The van der Waals surface area contributed by atoms with Gasteiger partial charge in [0.1, 0.15) is 16.9 Å². The summed E-state index contributed by atoms with van der Waals surface area (Å²) in [6.45, 7) is 2.75. The summed E-state index contributed by atoms with van der Waals surface area (Å²) >= 11 is 5.72. The van der Waals surface area contributed by atoms with Gasteiger partial charge in [0.15, 0.2) is 0 Å². The quantitative estimate of drug-likeness (QED) is 0.525. The molecule has 1 aliphatic rings. The van der Waals surface area contributed by atoms with Crippen LogP contribution in [-0.4, -0.2) is 22.4 Å². The molecule has 6 nitrogen and oxygen atoms in total. The topological polar surface area (TPSA) is 85.1 Å². The van der Waals surface area contributed by atoms with E-state index in [0.29, 0.717) is 18.4 Å². The van der Waals surface area contributed by atoms with Gasteiger partial charge in [-0.15, -0.1) is 0 Å². The standard InChI is InChI=1S/C14H18ClN3O3/c1-9-3-2-4-10(5-9)7-17-14(19)11-6-13(15)16-8-12(11)18(20)21/h6,8-10H,2-5,7H2,1H3,(H,17,19). The second-order valence-electron chi connectivity index (χ2n) is 5.63. The molecule has 0 aliphatic heterocycles. The van der Waals surface area contributed by atoms with E-state index in [-0.39, 0.29) is 16.4 Å². The van der Waals surface area contributed by atoms with Crippen LogP contribution in [0.2, 0.25) is 5.15 Å². The van der Waals surface area contributed by atoms with E-state index in [0.717, 1.165) is 19.0 Å². The molecule has 1 amide bonds. The Morgan fingerprint density at radius 1 is 1.57 bits per heavy atom. The predicted molar refractivity (Wildman–Crippen MR) is 79.4 cm³/mol. The highest BCUT2D eigenvalue weighted by Gasteiger charge is 2.23. The molecule has 2 unspecified atom stereocenters. The number of nitro groups is 1. The van der Waals surface area contributed by atoms with E-state index in [1.54, 1.807) is 0 Å². The van der Waals surface area contributed by atoms with Crippen molar-refractivity contribution >= 4 is 23.2 Å². The number of nitrogens with one attached hydrogen (secondary N) is 1. The minimum absolute atomic E-state index is 0.0381. The Morgan fingerprint density at radius 3 is 3.00 bits per heavy atom. The second-order valence-corrected chi connectivity index (χ2v) is 6.02. The molecular weight excluding hydrogens is 294 g/mol. The lowest BCUT2D eigenvalue weighted by Gasteiger charge is -2.26. The van der Waals surface area contributed by atoms with Gasteiger partial charge in [-0.1, -0.05) is 31.4 Å². The number of halogens is 1. The Balaban J connectivity index is 2.03. The summed E-state index contributed by atoms with van der Waals surface area (Å²) in [5.74, 6) is 0.642. The average molecular weight is 312 g/mol. The van der Waals surface area contributed by atoms with Gasteiger partial charge in [0.2, 0.25) is 0 Å². The van der Waals surface area contributed by atoms with Crippen LogP contribution in [0.15, 0.2) is 12.3 Å². The zero-order chi connectivity index (χ0) is 15.4. The van der Waals surface area contributed by atoms with Gasteiger partial charge < -0.3 is 5.32 Å². The number of amides is 1. The number of carbonyl (C=O) groups excluding carboxylic acids is 1. The van der Waals surface area contributed by atoms with Crippen molar-refractivity contribution in [3.63, 3.8) is 0 Å². The van der Waals surface area contributed by atoms with E-state index in [9.17, 15) is 14.9 Å². The van der Waals surface area contributed by atoms with Crippen LogP contribution in [0.5, 0.6) is 0 Å². The molecule has 0 spiro atoms. The summed E-state index contributed by atoms with van der Waals surface area (Å²) in [4.78, 5) is 26.1. The van der Waals surface area contributed by atoms with Crippen LogP contribution >= 0.6 is 11.6 Å². The lowest BCUT2D eigenvalue weighted by molar-refractivity contribution is -0.385. The van der Waals surface area contributed by atoms with Gasteiger partial charge in [0.25, 0.3) is 11.6 Å². The number of carbonyl (C=O) groups is 1. The lowest BCUT2D eigenvalue weighted by Crippen LogP contribution is -2.31. The monoisotopic (exact) mass is 311 g/mol. The maximum atomic E-state index is 12.1. The Labute approximate surface area is 128 Å². The number of pyridine rings is 1. The van der Waals surface area contributed by atoms with Gasteiger partial charge >= 0.3 is 0 Å². The highest BCUT2D eigenvalue weighted by molar-refractivity contribution is 6.29. The molecule has 0 bridgehead atoms. The van der Waals surface area contributed by atoms with Gasteiger partial charge in [0, 0.05) is 6.54 Å². The van der Waals surface area contributed by atoms with Crippen molar-refractivity contribution in [2.75, 3.05) is 6.54 Å². The molecule has 7 heteroatoms. The zero-order valence-electron chi connectivity index (χ0n) is 11.8. The fourth-order valence-corrected chi connectivity index (χ4v) is 2.99. The Morgan fingerprint density at radius 2 is 2.33 bits per heavy atom. The maximum Gasteiger partial charge on any atom is 0.300 e. The molecule has 2 atom stereocenters. The summed E-state index contributed by atoms with van der Waals surface area (Å²) in [6, 6.07) is 1.23. The fourth-order valence-electron chi connectivity index (χ4n) is 2.83. The predicted octanol–water partition coefficient (Wildman–Crippen LogP) is 3.20. The lowest BCUT2D eigenvalue weighted by atomic mass is 9.82. The van der Waals surface area contributed by atoms with Gasteiger partial charge in [-0.2, -0.15) is 0 Å². The maximum absolute atomic E-state index is 12.1. The molecule has 1 heterocycles. The molecular formula is C14H18ClN3O3. The van der Waals surface area contributed by atoms with E-state index in [1.807, 2.05) is 0 Å². The molecule has 114 valence electrons. The first kappa shape index (κ1) is 15.7. The summed E-state index contributed by atoms with van der Waals surface area (Å²) in [5, 5.41) is 13.8. The Kier molecular flexibility index (Phi) is 5.12. The Hall–Kier alpha value is -1.69. The molecule has 1 fully saturated rings. The van der Waals surface area contributed by atoms with Gasteiger partial charge in [-0.05, 0) is 30.7 Å². The van der Waals surface area contributed by atoms with Crippen molar-refractivity contribution in [2.24, 2.45) is 11.8 Å². The first-order valence-electron chi connectivity index (χ1n) is 7.05. The summed E-state index contributed by atoms with van der Waals surface area (Å²) < 4.78 is 0. The molecule has 0 aromatic carbocycles. The van der Waals surface area contributed by atoms with Crippen LogP contribution in [0.25, 0.3) is 0 Å². The van der Waals surface area contributed by atoms with Crippen molar-refractivity contribution in [3.8, 4) is 0 Å². The van der Waals surface area contributed by atoms with Crippen LogP contribution in [-0.2, 0) is 0 Å². The third-order valence-corrected chi connectivity index (χ3v) is 4.09. The number of hydrogen-bond acceptors (Lipinski definition) is 4. The van der Waals surface area contributed by atoms with Crippen LogP contribution in [0.3, 0.4) is 0 Å². The van der Waals surface area contributed by atoms with Crippen molar-refractivity contribution in [3.05, 3.63) is 33.1 Å². The highest BCUT2D eigenvalue weighted by Crippen LogP contribution is 2.28. The number of rotatable bonds is 4. The largest absolute Gasteiger partial charge is 0.352 e. The second kappa shape index (κ2) is 6.85. The molecule has 21 heavy (non-hydrogen) atoms. The molecule has 1 saturated carbocycles. The first-order chi connectivity index (χ1) is 9.97. The average Bonchev–Trinajstić information content (AvgIpc) is 2.44. The van der Waals surface area contributed by atoms with E-state index in [1.165, 1.54) is 18.9 Å². The van der Waals surface area contributed by atoms with Crippen molar-refractivity contribution in [2.45, 2.75) is 32.6 Å². The molecule has 1 N–H and O–H groups in total. The van der Waals surface area contributed by atoms with Gasteiger partial charge in [-0.3, -0.25) is 14.9 Å². The molecule has 2 rings (SSSR count). The molecule has 1 aromatic rings. The number of aromatic nitrogens is 1. The van der Waals surface area contributed by atoms with E-state index in [4.69, 9.17) is 11.6 Å². The van der Waals surface area contributed by atoms with Crippen LogP contribution in [0, 0.1) is 22.0 Å². The molecule has 0 saturated heterocycles. The van der Waals surface area contributed by atoms with Crippen molar-refractivity contribution in [1.82, 2.24) is 10.3 Å². The van der Waals surface area contributed by atoms with E-state index < -0.39 is 10.8 Å². The highest BCUT2D eigenvalue weighted by atomic mass is 35.5. The normalized spacial score (nSPS) is 21.8. The minimum Gasteiger partial charge on any atom is -0.352 e. The summed E-state index contributed by atoms with van der Waals surface area (Å²) in [5.41, 5.74) is -0.363. The molecule has 1 aliphatic carbocycles. The van der Waals surface area contributed by atoms with Crippen molar-refractivity contribution in [1.29, 1.82) is 0 Å². The Bertz CT molecular complexity index is 550. The van der Waals surface area contributed by atoms with Crippen LogP contribution in [0.1, 0.15) is 43.0 Å². The summed E-state index contributed by atoms with van der Waals surface area (Å²) in [7, 11) is 0. The smallest absolute Gasteiger partial charge is 0.300 e. The minimum atomic E-state index is -0.624. The van der Waals surface area contributed by atoms with Crippen LogP contribution in [0.4, 0.5) is 5.69 Å². The molecule has 1 aromatic heterocycles. The van der Waals surface area contributed by atoms with Gasteiger partial charge in [-0.25, -0.2) is 4.98 Å². The van der Waals surface area contributed by atoms with E-state index in [2.05, 4.69) is 17.2 Å². The SMILES string of the molecule is CC1CCCC(CNC(=O)c2cc(Cl)ncc2[N+](=O)[O-])C1. The third kappa shape index (κ3) is 4.14. The number of nitrogens with zero attached hydrogens (tertiary/aromatic N) is 2. The van der Waals surface area contributed by atoms with Gasteiger partial charge in [0.05, 0.1) is 4.92 Å². The van der Waals surface area contributed by atoms with E-state index >= 15 is 0 Å². The molecule has 0 radical (unpaired) electrons.